The standard InChI is InChI=1S/2C10H22O.C8H6O4/c2*1-3-5-6-8-10(9-11)7-4-2;9-7(10)5-3-1-2-4-6(5)8(11)12/h2*10-11H,3-9H2,1-2H3;1-4H,(H,9,10)(H,11,12). The summed E-state index contributed by atoms with van der Waals surface area (Å²) in [7, 11) is 0. The van der Waals surface area contributed by atoms with Crippen molar-refractivity contribution in [1.29, 1.82) is 0 Å². The van der Waals surface area contributed by atoms with Crippen LogP contribution in [0.15, 0.2) is 24.3 Å². The van der Waals surface area contributed by atoms with E-state index in [1.54, 1.807) is 0 Å². The van der Waals surface area contributed by atoms with Gasteiger partial charge in [0.1, 0.15) is 0 Å². The van der Waals surface area contributed by atoms with Gasteiger partial charge in [-0.3, -0.25) is 0 Å². The Bertz CT molecular complexity index is 564. The van der Waals surface area contributed by atoms with Crippen LogP contribution in [0.4, 0.5) is 0 Å². The van der Waals surface area contributed by atoms with Crippen LogP contribution in [0, 0.1) is 11.8 Å². The highest BCUT2D eigenvalue weighted by Gasteiger charge is 2.13. The molecular weight excluding hydrogens is 432 g/mol. The molecule has 4 N–H and O–H groups in total. The molecule has 0 amide bonds. The highest BCUT2D eigenvalue weighted by atomic mass is 16.4. The summed E-state index contributed by atoms with van der Waals surface area (Å²) >= 11 is 0. The third-order valence-electron chi connectivity index (χ3n) is 5.73. The zero-order valence-corrected chi connectivity index (χ0v) is 22.0. The molecule has 0 saturated heterocycles. The molecule has 6 heteroatoms. The van der Waals surface area contributed by atoms with Crippen molar-refractivity contribution in [2.45, 2.75) is 105 Å². The Morgan fingerprint density at radius 3 is 1.21 bits per heavy atom. The third-order valence-corrected chi connectivity index (χ3v) is 5.73. The van der Waals surface area contributed by atoms with Crippen LogP contribution in [0.5, 0.6) is 0 Å². The van der Waals surface area contributed by atoms with E-state index in [-0.39, 0.29) is 11.1 Å². The summed E-state index contributed by atoms with van der Waals surface area (Å²) in [4.78, 5) is 20.9. The molecule has 0 spiro atoms. The Morgan fingerprint density at radius 1 is 0.618 bits per heavy atom. The van der Waals surface area contributed by atoms with Crippen LogP contribution < -0.4 is 0 Å². The topological polar surface area (TPSA) is 115 Å². The van der Waals surface area contributed by atoms with Gasteiger partial charge >= 0.3 is 11.9 Å². The van der Waals surface area contributed by atoms with Crippen LogP contribution in [0.25, 0.3) is 0 Å². The van der Waals surface area contributed by atoms with E-state index in [1.165, 1.54) is 101 Å². The summed E-state index contributed by atoms with van der Waals surface area (Å²) in [6, 6.07) is 5.48. The molecule has 2 atom stereocenters. The van der Waals surface area contributed by atoms with Crippen LogP contribution in [0.3, 0.4) is 0 Å². The molecule has 0 radical (unpaired) electrons. The van der Waals surface area contributed by atoms with E-state index in [2.05, 4.69) is 27.7 Å². The van der Waals surface area contributed by atoms with Crippen molar-refractivity contribution in [3.8, 4) is 0 Å². The van der Waals surface area contributed by atoms with Crippen molar-refractivity contribution < 1.29 is 30.0 Å². The van der Waals surface area contributed by atoms with Crippen LogP contribution in [-0.4, -0.2) is 45.6 Å². The van der Waals surface area contributed by atoms with Gasteiger partial charge in [0.05, 0.1) is 11.1 Å². The van der Waals surface area contributed by atoms with Crippen molar-refractivity contribution in [2.24, 2.45) is 11.8 Å². The lowest BCUT2D eigenvalue weighted by Crippen LogP contribution is -2.06. The summed E-state index contributed by atoms with van der Waals surface area (Å²) in [6.07, 6.45) is 15.0. The molecular formula is C28H50O6. The molecule has 198 valence electrons. The SMILES string of the molecule is CCCCCC(CO)CCC.CCCCCC(CO)CCC.O=C(O)c1ccccc1C(=O)O. The highest BCUT2D eigenvalue weighted by molar-refractivity contribution is 6.01. The highest BCUT2D eigenvalue weighted by Crippen LogP contribution is 2.15. The first-order chi connectivity index (χ1) is 16.3. The minimum Gasteiger partial charge on any atom is -0.478 e. The van der Waals surface area contributed by atoms with Gasteiger partial charge < -0.3 is 20.4 Å². The van der Waals surface area contributed by atoms with Crippen molar-refractivity contribution in [3.05, 3.63) is 35.4 Å². The maximum Gasteiger partial charge on any atom is 0.336 e. The molecule has 34 heavy (non-hydrogen) atoms. The van der Waals surface area contributed by atoms with E-state index in [0.29, 0.717) is 25.0 Å². The van der Waals surface area contributed by atoms with E-state index in [4.69, 9.17) is 20.4 Å². The van der Waals surface area contributed by atoms with Gasteiger partial charge in [-0.25, -0.2) is 9.59 Å². The predicted molar refractivity (Wildman–Crippen MR) is 140 cm³/mol. The first-order valence-electron chi connectivity index (χ1n) is 13.1. The minimum atomic E-state index is -1.23. The van der Waals surface area contributed by atoms with Gasteiger partial charge in [0.2, 0.25) is 0 Å². The molecule has 0 aromatic heterocycles. The van der Waals surface area contributed by atoms with Crippen LogP contribution >= 0.6 is 0 Å². The fraction of sp³-hybridized carbons (Fsp3) is 0.714. The lowest BCUT2D eigenvalue weighted by molar-refractivity contribution is 0.0651. The number of carboxylic acids is 2. The summed E-state index contributed by atoms with van der Waals surface area (Å²) in [6.45, 7) is 9.57. The van der Waals surface area contributed by atoms with E-state index in [9.17, 15) is 9.59 Å². The lowest BCUT2D eigenvalue weighted by atomic mass is 9.98. The molecule has 0 aliphatic carbocycles. The predicted octanol–water partition coefficient (Wildman–Crippen LogP) is 7.03. The van der Waals surface area contributed by atoms with Crippen LogP contribution in [0.2, 0.25) is 0 Å². The second kappa shape index (κ2) is 24.2. The molecule has 0 heterocycles. The number of rotatable bonds is 16. The van der Waals surface area contributed by atoms with Gasteiger partial charge in [0.25, 0.3) is 0 Å². The van der Waals surface area contributed by atoms with Gasteiger partial charge in [-0.05, 0) is 49.7 Å². The minimum absolute atomic E-state index is 0.190. The largest absolute Gasteiger partial charge is 0.478 e. The Hall–Kier alpha value is -1.92. The van der Waals surface area contributed by atoms with Gasteiger partial charge in [0, 0.05) is 13.2 Å². The number of unbranched alkanes of at least 4 members (excludes halogenated alkanes) is 4. The first kappa shape index (κ1) is 34.2. The maximum atomic E-state index is 10.5. The second-order valence-electron chi connectivity index (χ2n) is 8.82. The molecule has 2 unspecified atom stereocenters. The van der Waals surface area contributed by atoms with Gasteiger partial charge in [-0.2, -0.15) is 0 Å². The molecule has 6 nitrogen and oxygen atoms in total. The fourth-order valence-electron chi connectivity index (χ4n) is 3.69. The number of hydrogen-bond donors (Lipinski definition) is 4. The molecule has 0 fully saturated rings. The molecule has 0 bridgehead atoms. The Balaban J connectivity index is 0. The van der Waals surface area contributed by atoms with Gasteiger partial charge in [-0.1, -0.05) is 91.2 Å². The third kappa shape index (κ3) is 18.5. The van der Waals surface area contributed by atoms with E-state index >= 15 is 0 Å². The number of aliphatic hydroxyl groups excluding tert-OH is 2. The number of carbonyl (C=O) groups is 2. The Kier molecular flexibility index (Phi) is 24.4. The molecule has 1 aromatic rings. The van der Waals surface area contributed by atoms with E-state index in [1.807, 2.05) is 0 Å². The number of aromatic carboxylic acids is 2. The number of aliphatic hydroxyl groups is 2. The van der Waals surface area contributed by atoms with Crippen molar-refractivity contribution in [2.75, 3.05) is 13.2 Å². The Morgan fingerprint density at radius 2 is 0.971 bits per heavy atom. The zero-order valence-electron chi connectivity index (χ0n) is 22.0. The first-order valence-corrected chi connectivity index (χ1v) is 13.1. The summed E-state index contributed by atoms with van der Waals surface area (Å²) in [5.74, 6) is -1.31. The molecule has 1 rings (SSSR count). The molecule has 1 aromatic carbocycles. The van der Waals surface area contributed by atoms with Crippen molar-refractivity contribution in [3.63, 3.8) is 0 Å². The molecule has 0 aliphatic rings. The van der Waals surface area contributed by atoms with Crippen LogP contribution in [-0.2, 0) is 0 Å². The summed E-state index contributed by atoms with van der Waals surface area (Å²) < 4.78 is 0. The normalized spacial score (nSPS) is 11.9. The van der Waals surface area contributed by atoms with Crippen LogP contribution in [0.1, 0.15) is 125 Å². The number of hydrogen-bond acceptors (Lipinski definition) is 4. The van der Waals surface area contributed by atoms with E-state index in [0.717, 1.165) is 0 Å². The summed E-state index contributed by atoms with van der Waals surface area (Å²) in [5, 5.41) is 35.0. The second-order valence-corrected chi connectivity index (χ2v) is 8.82. The average Bonchev–Trinajstić information content (AvgIpc) is 2.84. The van der Waals surface area contributed by atoms with Crippen molar-refractivity contribution in [1.82, 2.24) is 0 Å². The maximum absolute atomic E-state index is 10.5. The Labute approximate surface area is 207 Å². The molecule has 0 saturated carbocycles. The van der Waals surface area contributed by atoms with Gasteiger partial charge in [-0.15, -0.1) is 0 Å². The van der Waals surface area contributed by atoms with E-state index < -0.39 is 11.9 Å². The zero-order chi connectivity index (χ0) is 26.2. The monoisotopic (exact) mass is 482 g/mol. The molecule has 0 aliphatic heterocycles. The fourth-order valence-corrected chi connectivity index (χ4v) is 3.69. The number of benzene rings is 1. The lowest BCUT2D eigenvalue weighted by Gasteiger charge is -2.11. The smallest absolute Gasteiger partial charge is 0.336 e. The van der Waals surface area contributed by atoms with Crippen molar-refractivity contribution >= 4 is 11.9 Å². The van der Waals surface area contributed by atoms with Gasteiger partial charge in [0.15, 0.2) is 0 Å². The average molecular weight is 483 g/mol. The summed E-state index contributed by atoms with van der Waals surface area (Å²) in [5.41, 5.74) is -0.380. The quantitative estimate of drug-likeness (QED) is 0.188. The number of carboxylic acid groups (broad SMARTS) is 2.